The van der Waals surface area contributed by atoms with Crippen molar-refractivity contribution in [2.24, 2.45) is 0 Å². The lowest BCUT2D eigenvalue weighted by atomic mass is 9.85. The van der Waals surface area contributed by atoms with E-state index in [9.17, 15) is 72.3 Å². The summed E-state index contributed by atoms with van der Waals surface area (Å²) in [5.74, 6) is -1.53. The molecule has 458 valence electrons. The van der Waals surface area contributed by atoms with Gasteiger partial charge in [-0.05, 0) is 51.4 Å². The lowest BCUT2D eigenvalue weighted by Gasteiger charge is -2.49. The summed E-state index contributed by atoms with van der Waals surface area (Å²) in [6.45, 7) is 2.55. The molecule has 9 unspecified atom stereocenters. The molecule has 0 bridgehead atoms. The Labute approximate surface area is 456 Å². The first-order chi connectivity index (χ1) is 34.5. The van der Waals surface area contributed by atoms with E-state index < -0.39 is 99.2 Å². The quantitative estimate of drug-likeness (QED) is 0.0119. The van der Waals surface area contributed by atoms with E-state index in [4.69, 9.17) is 18.5 Å². The Kier molecular flexibility index (Phi) is 49.5. The maximum absolute atomic E-state index is 13.1. The molecule has 0 amide bonds. The highest BCUT2D eigenvalue weighted by atomic mass is 31.2. The van der Waals surface area contributed by atoms with Crippen LogP contribution in [0.3, 0.4) is 0 Å². The number of esters is 2. The van der Waals surface area contributed by atoms with Crippen molar-refractivity contribution in [1.82, 2.24) is 24.6 Å². The van der Waals surface area contributed by atoms with Crippen molar-refractivity contribution >= 4 is 43.2 Å². The summed E-state index contributed by atoms with van der Waals surface area (Å²) in [6.07, 6.45) is 21.9. The van der Waals surface area contributed by atoms with Crippen molar-refractivity contribution in [3.8, 4) is 0 Å². The van der Waals surface area contributed by atoms with Crippen LogP contribution in [0.15, 0.2) is 48.6 Å². The molecule has 0 aromatic carbocycles. The molecule has 0 aliphatic heterocycles. The first-order valence-electron chi connectivity index (χ1n) is 25.6. The van der Waals surface area contributed by atoms with E-state index in [-0.39, 0.29) is 37.4 Å². The fourth-order valence-electron chi connectivity index (χ4n) is 7.64. The largest absolute Gasteiger partial charge is 0.756 e. The van der Waals surface area contributed by atoms with Gasteiger partial charge in [0.15, 0.2) is 6.10 Å². The second-order valence-electron chi connectivity index (χ2n) is 17.9. The van der Waals surface area contributed by atoms with Crippen LogP contribution in [-0.2, 0) is 59.9 Å². The van der Waals surface area contributed by atoms with Crippen molar-refractivity contribution in [1.29, 1.82) is 0 Å². The molecule has 0 radical (unpaired) electrons. The van der Waals surface area contributed by atoms with Gasteiger partial charge in [0.05, 0.1) is 6.61 Å². The smallest absolute Gasteiger partial charge is 0.306 e. The van der Waals surface area contributed by atoms with E-state index >= 15 is 0 Å². The van der Waals surface area contributed by atoms with Gasteiger partial charge in [0, 0.05) is 12.8 Å². The molecule has 0 aromatic heterocycles. The number of aliphatic hydroxyl groups excluding tert-OH is 2. The van der Waals surface area contributed by atoms with Gasteiger partial charge in [-0.25, -0.2) is 0 Å². The number of ether oxygens (including phenoxy) is 2. The van der Waals surface area contributed by atoms with Crippen LogP contribution in [-0.4, -0.2) is 92.8 Å². The van der Waals surface area contributed by atoms with E-state index in [1.54, 1.807) is 0 Å². The summed E-state index contributed by atoms with van der Waals surface area (Å²) < 4.78 is 80.6. The Morgan fingerprint density at radius 3 is 1.22 bits per heavy atom. The highest BCUT2D eigenvalue weighted by molar-refractivity contribution is 7.46. The minimum Gasteiger partial charge on any atom is -0.756 e. The number of carbonyl (C=O) groups is 2. The van der Waals surface area contributed by atoms with Crippen molar-refractivity contribution in [3.05, 3.63) is 48.6 Å². The van der Waals surface area contributed by atoms with Gasteiger partial charge in [0.2, 0.25) is 0 Å². The molecule has 0 saturated heterocycles. The fourth-order valence-corrected chi connectivity index (χ4v) is 10.3. The van der Waals surface area contributed by atoms with Crippen LogP contribution >= 0.6 is 31.3 Å². The summed E-state index contributed by atoms with van der Waals surface area (Å²) in [5.41, 5.74) is 0. The van der Waals surface area contributed by atoms with Crippen LogP contribution in [0.25, 0.3) is 0 Å². The third-order valence-electron chi connectivity index (χ3n) is 11.4. The maximum atomic E-state index is 13.1. The average Bonchev–Trinajstić information content (AvgIpc) is 3.30. The maximum Gasteiger partial charge on any atom is 0.306 e. The van der Waals surface area contributed by atoms with Crippen LogP contribution in [0.4, 0.5) is 0 Å². The third-order valence-corrected chi connectivity index (χ3v) is 13.8. The van der Waals surface area contributed by atoms with Gasteiger partial charge in [-0.1, -0.05) is 165 Å². The number of hydrogen-bond acceptors (Lipinski definition) is 19. The number of quaternary nitrogens is 4. The Morgan fingerprint density at radius 2 is 0.805 bits per heavy atom. The first-order valence-corrected chi connectivity index (χ1v) is 31.5. The molecule has 21 N–H and O–H groups in total. The predicted molar refractivity (Wildman–Crippen MR) is 287 cm³/mol. The van der Waals surface area contributed by atoms with Gasteiger partial charge in [-0.3, -0.25) is 27.8 Å². The molecule has 1 fully saturated rings. The number of allylic oxidation sites excluding steroid dienone is 8. The minimum atomic E-state index is -6.10. The molecular formula is C47H98N4O22P4. The normalized spacial score (nSPS) is 22.2. The number of hydrogen-bond donors (Lipinski definition) is 9. The zero-order valence-electron chi connectivity index (χ0n) is 46.4. The summed E-state index contributed by atoms with van der Waals surface area (Å²) >= 11 is 0. The van der Waals surface area contributed by atoms with Crippen LogP contribution in [0.5, 0.6) is 0 Å². The molecule has 77 heavy (non-hydrogen) atoms. The topological polar surface area (TPSA) is 506 Å². The number of phosphoric acid groups is 4. The number of phosphoric ester groups is 4. The zero-order chi connectivity index (χ0) is 54.6. The van der Waals surface area contributed by atoms with Gasteiger partial charge in [0.1, 0.15) is 43.2 Å². The van der Waals surface area contributed by atoms with Gasteiger partial charge in [-0.15, -0.1) is 0 Å². The molecule has 30 heteroatoms. The van der Waals surface area contributed by atoms with Gasteiger partial charge < -0.3 is 101 Å². The number of rotatable bonds is 44. The van der Waals surface area contributed by atoms with Gasteiger partial charge >= 0.3 is 11.9 Å². The number of unbranched alkanes of at least 4 members (excludes halogenated alkanes) is 18. The second kappa shape index (κ2) is 46.7. The Bertz CT molecular complexity index is 1800. The Morgan fingerprint density at radius 1 is 0.455 bits per heavy atom. The molecule has 0 heterocycles. The number of carbonyl (C=O) groups excluding carboxylic acids is 2. The Hall–Kier alpha value is -1.90. The molecular weight excluding hydrogens is 1100 g/mol. The van der Waals surface area contributed by atoms with E-state index in [0.717, 1.165) is 51.4 Å². The average molecular weight is 1200 g/mol. The summed E-state index contributed by atoms with van der Waals surface area (Å²) in [7, 11) is -24.2. The molecule has 11 atom stereocenters. The van der Waals surface area contributed by atoms with Crippen molar-refractivity contribution < 1.29 is 104 Å². The monoisotopic (exact) mass is 1190 g/mol. The molecule has 1 rings (SSSR count). The Balaban J connectivity index is -0.00000666. The molecule has 0 spiro atoms. The van der Waals surface area contributed by atoms with Crippen LogP contribution in [0.1, 0.15) is 181 Å². The van der Waals surface area contributed by atoms with E-state index in [2.05, 4.69) is 51.7 Å². The van der Waals surface area contributed by atoms with Crippen LogP contribution in [0.2, 0.25) is 0 Å². The van der Waals surface area contributed by atoms with E-state index in [1.807, 2.05) is 24.3 Å². The molecule has 1 saturated carbocycles. The molecule has 1 aliphatic rings. The van der Waals surface area contributed by atoms with E-state index in [0.29, 0.717) is 25.7 Å². The van der Waals surface area contributed by atoms with Crippen molar-refractivity contribution in [2.45, 2.75) is 224 Å². The predicted octanol–water partition coefficient (Wildman–Crippen LogP) is 8.50. The summed E-state index contributed by atoms with van der Waals surface area (Å²) in [5, 5.41) is 21.7. The van der Waals surface area contributed by atoms with E-state index in [1.165, 1.54) is 77.0 Å². The SMILES string of the molecule is CCCCC/C=C\C/C=C\C/C=C\C/C=C\CCCC(=O)O[C@H](COC(=O)CCCCCCCCCCCCCCCCC)COP(=O)([O-])OC1C(O)C(OP(=O)([O-])O)C(OP(=O)([O-])O)[C@@H](OP(=O)([O-])O)C1O.[NH4+].[NH4+].[NH4+].[NH4+]. The third kappa shape index (κ3) is 44.4. The summed E-state index contributed by atoms with van der Waals surface area (Å²) in [4.78, 5) is 101. The fraction of sp³-hybridized carbons (Fsp3) is 0.787. The van der Waals surface area contributed by atoms with Crippen LogP contribution in [0, 0.1) is 0 Å². The molecule has 26 nitrogen and oxygen atoms in total. The van der Waals surface area contributed by atoms with Crippen LogP contribution < -0.4 is 44.2 Å². The zero-order valence-corrected chi connectivity index (χ0v) is 50.0. The lowest BCUT2D eigenvalue weighted by molar-refractivity contribution is -0.286. The summed E-state index contributed by atoms with van der Waals surface area (Å²) in [6, 6.07) is 0. The van der Waals surface area contributed by atoms with Crippen molar-refractivity contribution in [2.75, 3.05) is 13.2 Å². The molecule has 0 aromatic rings. The standard InChI is InChI=1S/C47H86O22P4.4H3N/c1-3-5-7-9-11-13-15-17-19-20-22-24-26-28-30-32-34-36-41(49)65-39(37-63-40(48)35-33-31-29-27-25-23-21-18-16-14-12-10-8-6-4-2)38-64-73(61,62)69-44-42(50)45(66-70(52,53)54)47(68-72(58,59)60)46(43(44)51)67-71(55,56)57;;;;/h11,13,17,19,22,24,28,30,39,42-47,50-51H,3-10,12,14-16,18,20-21,23,25-27,29,31-38H2,1-2H3,(H,61,62)(H2,52,53,54)(H2,55,56,57)(H2,58,59,60);4*1H3/b13-11-,19-17-,24-22-,30-28-;;;;/t39-,42?,43?,44?,45+,46?,47?;;;;/m1..../s1. The van der Waals surface area contributed by atoms with Crippen molar-refractivity contribution in [3.63, 3.8) is 0 Å². The molecule has 1 aliphatic carbocycles. The highest BCUT2D eigenvalue weighted by Gasteiger charge is 2.56. The van der Waals surface area contributed by atoms with Gasteiger partial charge in [0.25, 0.3) is 31.3 Å². The lowest BCUT2D eigenvalue weighted by Crippen LogP contribution is -2.66. The van der Waals surface area contributed by atoms with Gasteiger partial charge in [-0.2, -0.15) is 0 Å². The first kappa shape index (κ1) is 81.6. The number of aliphatic hydroxyl groups is 2. The minimum absolute atomic E-state index is 0. The second-order valence-corrected chi connectivity index (χ2v) is 22.7. The highest BCUT2D eigenvalue weighted by Crippen LogP contribution is 2.50.